The third-order valence-corrected chi connectivity index (χ3v) is 4.32. The van der Waals surface area contributed by atoms with E-state index in [1.54, 1.807) is 0 Å². The monoisotopic (exact) mass is 325 g/mol. The van der Waals surface area contributed by atoms with E-state index in [1.165, 1.54) is 12.1 Å². The van der Waals surface area contributed by atoms with Gasteiger partial charge in [-0.1, -0.05) is 31.5 Å². The number of aliphatic hydroxyl groups excluding tert-OH is 1. The number of unbranched alkanes of at least 4 members (excludes halogenated alkanes) is 1. The molecular formula is C13H18F3NO3S. The lowest BCUT2D eigenvalue weighted by Gasteiger charge is -2.17. The maximum atomic E-state index is 12.8. The number of halogens is 3. The summed E-state index contributed by atoms with van der Waals surface area (Å²) in [7, 11) is -3.59. The number of nitrogens with one attached hydrogen (secondary N) is 1. The van der Waals surface area contributed by atoms with Crippen LogP contribution in [0.25, 0.3) is 0 Å². The third kappa shape index (κ3) is 5.64. The van der Waals surface area contributed by atoms with Crippen LogP contribution in [0.15, 0.2) is 24.3 Å². The van der Waals surface area contributed by atoms with E-state index in [1.807, 2.05) is 6.92 Å². The maximum Gasteiger partial charge on any atom is 0.416 e. The zero-order valence-electron chi connectivity index (χ0n) is 11.5. The number of aliphatic hydroxyl groups is 1. The first-order valence-electron chi connectivity index (χ1n) is 6.49. The quantitative estimate of drug-likeness (QED) is 0.809. The molecule has 2 N–H and O–H groups in total. The fraction of sp³-hybridized carbons (Fsp3) is 0.538. The van der Waals surface area contributed by atoms with Gasteiger partial charge in [0, 0.05) is 6.54 Å². The molecule has 1 aromatic rings. The summed E-state index contributed by atoms with van der Waals surface area (Å²) < 4.78 is 63.6. The maximum absolute atomic E-state index is 12.8. The second-order valence-electron chi connectivity index (χ2n) is 4.62. The van der Waals surface area contributed by atoms with E-state index in [2.05, 4.69) is 4.72 Å². The Morgan fingerprint density at radius 3 is 2.48 bits per heavy atom. The minimum absolute atomic E-state index is 0.114. The smallest absolute Gasteiger partial charge is 0.387 e. The SMILES string of the molecule is CCCCS(=O)(=O)NC[C@H](O)c1ccccc1C(F)(F)F. The Balaban J connectivity index is 2.80. The molecule has 0 aliphatic rings. The molecule has 0 aliphatic heterocycles. The Hall–Kier alpha value is -1.12. The second-order valence-corrected chi connectivity index (χ2v) is 6.55. The molecule has 4 nitrogen and oxygen atoms in total. The predicted molar refractivity (Wildman–Crippen MR) is 73.1 cm³/mol. The predicted octanol–water partition coefficient (Wildman–Crippen LogP) is 2.46. The van der Waals surface area contributed by atoms with Gasteiger partial charge in [0.05, 0.1) is 17.4 Å². The number of sulfonamides is 1. The summed E-state index contributed by atoms with van der Waals surface area (Å²) in [6, 6.07) is 4.56. The van der Waals surface area contributed by atoms with Crippen molar-refractivity contribution < 1.29 is 26.7 Å². The fourth-order valence-electron chi connectivity index (χ4n) is 1.77. The summed E-state index contributed by atoms with van der Waals surface area (Å²) in [5.41, 5.74) is -1.31. The van der Waals surface area contributed by atoms with Gasteiger partial charge >= 0.3 is 6.18 Å². The molecule has 0 bridgehead atoms. The first-order chi connectivity index (χ1) is 9.67. The Morgan fingerprint density at radius 1 is 1.29 bits per heavy atom. The van der Waals surface area contributed by atoms with Crippen molar-refractivity contribution in [2.24, 2.45) is 0 Å². The van der Waals surface area contributed by atoms with Gasteiger partial charge in [0.2, 0.25) is 10.0 Å². The lowest BCUT2D eigenvalue weighted by atomic mass is 10.0. The molecule has 8 heteroatoms. The van der Waals surface area contributed by atoms with Gasteiger partial charge in [-0.15, -0.1) is 0 Å². The van der Waals surface area contributed by atoms with Crippen molar-refractivity contribution in [2.75, 3.05) is 12.3 Å². The average molecular weight is 325 g/mol. The molecule has 1 rings (SSSR count). The first-order valence-corrected chi connectivity index (χ1v) is 8.14. The molecule has 0 radical (unpaired) electrons. The molecule has 0 saturated carbocycles. The van der Waals surface area contributed by atoms with Crippen molar-refractivity contribution in [3.8, 4) is 0 Å². The van der Waals surface area contributed by atoms with Crippen LogP contribution in [-0.4, -0.2) is 25.8 Å². The first kappa shape index (κ1) is 17.9. The summed E-state index contributed by atoms with van der Waals surface area (Å²) in [5.74, 6) is -0.114. The number of alkyl halides is 3. The second kappa shape index (κ2) is 7.24. The van der Waals surface area contributed by atoms with E-state index in [9.17, 15) is 26.7 Å². The average Bonchev–Trinajstić information content (AvgIpc) is 2.42. The van der Waals surface area contributed by atoms with Gasteiger partial charge in [-0.05, 0) is 18.1 Å². The van der Waals surface area contributed by atoms with Crippen LogP contribution >= 0.6 is 0 Å². The summed E-state index contributed by atoms with van der Waals surface area (Å²) in [6.45, 7) is 1.34. The fourth-order valence-corrected chi connectivity index (χ4v) is 2.99. The normalized spacial score (nSPS) is 14.1. The Labute approximate surface area is 122 Å². The minimum Gasteiger partial charge on any atom is -0.387 e. The van der Waals surface area contributed by atoms with Gasteiger partial charge in [-0.25, -0.2) is 13.1 Å². The highest BCUT2D eigenvalue weighted by atomic mass is 32.2. The van der Waals surface area contributed by atoms with Crippen molar-refractivity contribution in [2.45, 2.75) is 32.0 Å². The molecule has 0 heterocycles. The van der Waals surface area contributed by atoms with E-state index in [4.69, 9.17) is 0 Å². The molecule has 0 fully saturated rings. The van der Waals surface area contributed by atoms with Crippen molar-refractivity contribution in [1.29, 1.82) is 0 Å². The molecule has 0 unspecified atom stereocenters. The van der Waals surface area contributed by atoms with Crippen molar-refractivity contribution in [3.63, 3.8) is 0 Å². The molecule has 1 aromatic carbocycles. The summed E-state index contributed by atoms with van der Waals surface area (Å²) in [6.07, 6.45) is -5.02. The highest BCUT2D eigenvalue weighted by Crippen LogP contribution is 2.34. The van der Waals surface area contributed by atoms with Crippen molar-refractivity contribution in [3.05, 3.63) is 35.4 Å². The number of hydrogen-bond acceptors (Lipinski definition) is 3. The van der Waals surface area contributed by atoms with Gasteiger partial charge in [0.25, 0.3) is 0 Å². The van der Waals surface area contributed by atoms with Crippen LogP contribution in [0.4, 0.5) is 13.2 Å². The third-order valence-electron chi connectivity index (χ3n) is 2.89. The Bertz CT molecular complexity index is 558. The number of hydrogen-bond donors (Lipinski definition) is 2. The topological polar surface area (TPSA) is 66.4 Å². The van der Waals surface area contributed by atoms with Crippen LogP contribution in [0, 0.1) is 0 Å². The van der Waals surface area contributed by atoms with Crippen LogP contribution in [0.2, 0.25) is 0 Å². The molecule has 1 atom stereocenters. The Morgan fingerprint density at radius 2 is 1.90 bits per heavy atom. The van der Waals surface area contributed by atoms with E-state index >= 15 is 0 Å². The molecule has 21 heavy (non-hydrogen) atoms. The van der Waals surface area contributed by atoms with E-state index in [0.29, 0.717) is 12.8 Å². The van der Waals surface area contributed by atoms with Gasteiger partial charge in [0.15, 0.2) is 0 Å². The van der Waals surface area contributed by atoms with Crippen LogP contribution in [0.5, 0.6) is 0 Å². The molecule has 0 spiro atoms. The van der Waals surface area contributed by atoms with E-state index in [0.717, 1.165) is 12.1 Å². The highest BCUT2D eigenvalue weighted by Gasteiger charge is 2.34. The van der Waals surface area contributed by atoms with Crippen molar-refractivity contribution >= 4 is 10.0 Å². The minimum atomic E-state index is -4.60. The van der Waals surface area contributed by atoms with Crippen LogP contribution in [0.1, 0.15) is 37.0 Å². The van der Waals surface area contributed by atoms with Crippen LogP contribution < -0.4 is 4.72 Å². The van der Waals surface area contributed by atoms with Crippen molar-refractivity contribution in [1.82, 2.24) is 4.72 Å². The molecular weight excluding hydrogens is 307 g/mol. The van der Waals surface area contributed by atoms with Gasteiger partial charge in [0.1, 0.15) is 0 Å². The lowest BCUT2D eigenvalue weighted by molar-refractivity contribution is -0.139. The molecule has 0 aliphatic carbocycles. The van der Waals surface area contributed by atoms with Gasteiger partial charge in [-0.3, -0.25) is 0 Å². The zero-order chi connectivity index (χ0) is 16.1. The van der Waals surface area contributed by atoms with E-state index in [-0.39, 0.29) is 11.3 Å². The van der Waals surface area contributed by atoms with Crippen LogP contribution in [0.3, 0.4) is 0 Å². The molecule has 120 valence electrons. The molecule has 0 aromatic heterocycles. The number of rotatable bonds is 7. The standard InChI is InChI=1S/C13H18F3NO3S/c1-2-3-8-21(19,20)17-9-12(18)10-6-4-5-7-11(10)13(14,15)16/h4-7,12,17-18H,2-3,8-9H2,1H3/t12-/m0/s1. The largest absolute Gasteiger partial charge is 0.416 e. The van der Waals surface area contributed by atoms with Gasteiger partial charge in [-0.2, -0.15) is 13.2 Å². The Kier molecular flexibility index (Phi) is 6.18. The summed E-state index contributed by atoms with van der Waals surface area (Å²) in [4.78, 5) is 0. The number of benzene rings is 1. The zero-order valence-corrected chi connectivity index (χ0v) is 12.3. The van der Waals surface area contributed by atoms with E-state index < -0.39 is 34.4 Å². The summed E-state index contributed by atoms with van der Waals surface area (Å²) in [5, 5.41) is 9.83. The summed E-state index contributed by atoms with van der Waals surface area (Å²) >= 11 is 0. The molecule has 0 amide bonds. The van der Waals surface area contributed by atoms with Gasteiger partial charge < -0.3 is 5.11 Å². The van der Waals surface area contributed by atoms with Crippen LogP contribution in [-0.2, 0) is 16.2 Å². The lowest BCUT2D eigenvalue weighted by Crippen LogP contribution is -2.31. The highest BCUT2D eigenvalue weighted by molar-refractivity contribution is 7.89. The molecule has 0 saturated heterocycles.